The molecule has 2 rings (SSSR count). The second kappa shape index (κ2) is 4.57. The highest BCUT2D eigenvalue weighted by molar-refractivity contribution is 5.39. The first kappa shape index (κ1) is 10.4. The van der Waals surface area contributed by atoms with Gasteiger partial charge >= 0.3 is 0 Å². The Morgan fingerprint density at radius 1 is 1.47 bits per heavy atom. The number of hydrogen-bond acceptors (Lipinski definition) is 4. The SMILES string of the molecule is CCc1ccc(N2CCNCC2C)nn1. The lowest BCUT2D eigenvalue weighted by molar-refractivity contribution is 0.495. The molecule has 1 unspecified atom stereocenters. The van der Waals surface area contributed by atoms with Gasteiger partial charge in [0.05, 0.1) is 5.69 Å². The molecule has 1 saturated heterocycles. The van der Waals surface area contributed by atoms with E-state index in [1.54, 1.807) is 0 Å². The highest BCUT2D eigenvalue weighted by Gasteiger charge is 2.19. The molecule has 0 saturated carbocycles. The standard InChI is InChI=1S/C11H18N4/c1-3-10-4-5-11(14-13-10)15-7-6-12-8-9(15)2/h4-5,9,12H,3,6-8H2,1-2H3. The van der Waals surface area contributed by atoms with E-state index in [-0.39, 0.29) is 0 Å². The van der Waals surface area contributed by atoms with Crippen LogP contribution in [0.5, 0.6) is 0 Å². The molecule has 4 heteroatoms. The largest absolute Gasteiger partial charge is 0.350 e. The van der Waals surface area contributed by atoms with Crippen molar-refractivity contribution in [2.24, 2.45) is 0 Å². The van der Waals surface area contributed by atoms with Gasteiger partial charge in [-0.25, -0.2) is 0 Å². The number of aromatic nitrogens is 2. The van der Waals surface area contributed by atoms with E-state index in [2.05, 4.69) is 46.4 Å². The Hall–Kier alpha value is -1.16. The van der Waals surface area contributed by atoms with Gasteiger partial charge in [0.1, 0.15) is 0 Å². The van der Waals surface area contributed by atoms with Crippen LogP contribution in [0.1, 0.15) is 19.5 Å². The van der Waals surface area contributed by atoms with Crippen molar-refractivity contribution < 1.29 is 0 Å². The van der Waals surface area contributed by atoms with Crippen LogP contribution in [-0.2, 0) is 6.42 Å². The minimum absolute atomic E-state index is 0.500. The normalized spacial score (nSPS) is 21.7. The Bertz CT molecular complexity index is 309. The molecule has 2 heterocycles. The van der Waals surface area contributed by atoms with E-state index in [0.29, 0.717) is 6.04 Å². The highest BCUT2D eigenvalue weighted by atomic mass is 15.3. The molecule has 1 atom stereocenters. The van der Waals surface area contributed by atoms with Gasteiger partial charge in [0.25, 0.3) is 0 Å². The summed E-state index contributed by atoms with van der Waals surface area (Å²) in [5, 5.41) is 11.8. The average molecular weight is 206 g/mol. The topological polar surface area (TPSA) is 41.0 Å². The third kappa shape index (κ3) is 2.26. The number of rotatable bonds is 2. The highest BCUT2D eigenvalue weighted by Crippen LogP contribution is 2.14. The lowest BCUT2D eigenvalue weighted by atomic mass is 10.2. The molecule has 0 aromatic carbocycles. The molecule has 4 nitrogen and oxygen atoms in total. The molecular weight excluding hydrogens is 188 g/mol. The van der Waals surface area contributed by atoms with Gasteiger partial charge in [-0.05, 0) is 25.5 Å². The van der Waals surface area contributed by atoms with Crippen LogP contribution >= 0.6 is 0 Å². The second-order valence-corrected chi connectivity index (χ2v) is 3.98. The van der Waals surface area contributed by atoms with E-state index in [0.717, 1.165) is 37.6 Å². The van der Waals surface area contributed by atoms with E-state index in [1.807, 2.05) is 0 Å². The number of anilines is 1. The third-order valence-corrected chi connectivity index (χ3v) is 2.86. The first-order valence-corrected chi connectivity index (χ1v) is 5.61. The molecule has 0 spiro atoms. The zero-order valence-corrected chi connectivity index (χ0v) is 9.40. The van der Waals surface area contributed by atoms with Crippen molar-refractivity contribution >= 4 is 5.82 Å². The molecular formula is C11H18N4. The number of hydrogen-bond donors (Lipinski definition) is 1. The first-order chi connectivity index (χ1) is 7.31. The van der Waals surface area contributed by atoms with Gasteiger partial charge in [-0.2, -0.15) is 5.10 Å². The molecule has 1 aromatic heterocycles. The summed E-state index contributed by atoms with van der Waals surface area (Å²) in [6.45, 7) is 7.37. The Morgan fingerprint density at radius 2 is 2.33 bits per heavy atom. The van der Waals surface area contributed by atoms with Gasteiger partial charge in [0, 0.05) is 25.7 Å². The quantitative estimate of drug-likeness (QED) is 0.778. The fourth-order valence-electron chi connectivity index (χ4n) is 1.88. The third-order valence-electron chi connectivity index (χ3n) is 2.86. The van der Waals surface area contributed by atoms with Gasteiger partial charge in [-0.1, -0.05) is 6.92 Å². The van der Waals surface area contributed by atoms with Crippen LogP contribution in [0, 0.1) is 0 Å². The van der Waals surface area contributed by atoms with Crippen molar-refractivity contribution in [3.63, 3.8) is 0 Å². The molecule has 82 valence electrons. The zero-order valence-electron chi connectivity index (χ0n) is 9.40. The van der Waals surface area contributed by atoms with E-state index in [1.165, 1.54) is 0 Å². The summed E-state index contributed by atoms with van der Waals surface area (Å²) in [6.07, 6.45) is 0.949. The van der Waals surface area contributed by atoms with Crippen LogP contribution in [0.25, 0.3) is 0 Å². The minimum atomic E-state index is 0.500. The lowest BCUT2D eigenvalue weighted by Crippen LogP contribution is -2.50. The van der Waals surface area contributed by atoms with Gasteiger partial charge in [0.15, 0.2) is 5.82 Å². The summed E-state index contributed by atoms with van der Waals surface area (Å²) >= 11 is 0. The van der Waals surface area contributed by atoms with E-state index in [4.69, 9.17) is 0 Å². The molecule has 1 fully saturated rings. The van der Waals surface area contributed by atoms with Crippen LogP contribution in [0.4, 0.5) is 5.82 Å². The van der Waals surface area contributed by atoms with Gasteiger partial charge in [-0.3, -0.25) is 0 Å². The van der Waals surface area contributed by atoms with Crippen molar-refractivity contribution in [1.82, 2.24) is 15.5 Å². The van der Waals surface area contributed by atoms with Crippen molar-refractivity contribution in [3.05, 3.63) is 17.8 Å². The molecule has 0 bridgehead atoms. The fourth-order valence-corrected chi connectivity index (χ4v) is 1.88. The van der Waals surface area contributed by atoms with E-state index in [9.17, 15) is 0 Å². The van der Waals surface area contributed by atoms with Gasteiger partial charge < -0.3 is 10.2 Å². The second-order valence-electron chi connectivity index (χ2n) is 3.98. The minimum Gasteiger partial charge on any atom is -0.350 e. The predicted molar refractivity (Wildman–Crippen MR) is 61.1 cm³/mol. The number of nitrogens with zero attached hydrogens (tertiary/aromatic N) is 3. The van der Waals surface area contributed by atoms with Gasteiger partial charge in [-0.15, -0.1) is 5.10 Å². The number of nitrogens with one attached hydrogen (secondary N) is 1. The average Bonchev–Trinajstić information content (AvgIpc) is 2.30. The van der Waals surface area contributed by atoms with Crippen LogP contribution in [-0.4, -0.2) is 35.9 Å². The molecule has 1 N–H and O–H groups in total. The van der Waals surface area contributed by atoms with Crippen LogP contribution in [0.3, 0.4) is 0 Å². The number of aryl methyl sites for hydroxylation is 1. The lowest BCUT2D eigenvalue weighted by Gasteiger charge is -2.34. The van der Waals surface area contributed by atoms with Crippen LogP contribution in [0.15, 0.2) is 12.1 Å². The molecule has 15 heavy (non-hydrogen) atoms. The van der Waals surface area contributed by atoms with Crippen molar-refractivity contribution in [3.8, 4) is 0 Å². The maximum absolute atomic E-state index is 4.27. The monoisotopic (exact) mass is 206 g/mol. The molecule has 0 aliphatic carbocycles. The van der Waals surface area contributed by atoms with Crippen LogP contribution < -0.4 is 10.2 Å². The van der Waals surface area contributed by atoms with Gasteiger partial charge in [0.2, 0.25) is 0 Å². The van der Waals surface area contributed by atoms with Crippen molar-refractivity contribution in [2.45, 2.75) is 26.3 Å². The Kier molecular flexibility index (Phi) is 3.16. The number of piperazine rings is 1. The van der Waals surface area contributed by atoms with Crippen molar-refractivity contribution in [2.75, 3.05) is 24.5 Å². The Labute approximate surface area is 90.7 Å². The van der Waals surface area contributed by atoms with E-state index < -0.39 is 0 Å². The smallest absolute Gasteiger partial charge is 0.151 e. The Balaban J connectivity index is 2.13. The van der Waals surface area contributed by atoms with Crippen LogP contribution in [0.2, 0.25) is 0 Å². The molecule has 1 aliphatic heterocycles. The van der Waals surface area contributed by atoms with E-state index >= 15 is 0 Å². The van der Waals surface area contributed by atoms with Crippen molar-refractivity contribution in [1.29, 1.82) is 0 Å². The molecule has 0 radical (unpaired) electrons. The maximum Gasteiger partial charge on any atom is 0.151 e. The Morgan fingerprint density at radius 3 is 2.93 bits per heavy atom. The first-order valence-electron chi connectivity index (χ1n) is 5.61. The fraction of sp³-hybridized carbons (Fsp3) is 0.636. The maximum atomic E-state index is 4.27. The summed E-state index contributed by atoms with van der Waals surface area (Å²) in [5.74, 6) is 1.00. The molecule has 1 aliphatic rings. The summed E-state index contributed by atoms with van der Waals surface area (Å²) in [7, 11) is 0. The molecule has 1 aromatic rings. The summed E-state index contributed by atoms with van der Waals surface area (Å²) < 4.78 is 0. The predicted octanol–water partition coefficient (Wildman–Crippen LogP) is 0.837. The molecule has 0 amide bonds. The summed E-state index contributed by atoms with van der Waals surface area (Å²) in [5.41, 5.74) is 1.06. The zero-order chi connectivity index (χ0) is 10.7. The summed E-state index contributed by atoms with van der Waals surface area (Å²) in [4.78, 5) is 2.31. The summed E-state index contributed by atoms with van der Waals surface area (Å²) in [6, 6.07) is 4.64.